The Morgan fingerprint density at radius 1 is 0.250 bits per heavy atom. The number of halogens is 7. The Morgan fingerprint density at radius 2 is 0.250 bits per heavy atom. The molecule has 1 radical (unpaired) electrons. The number of rotatable bonds is 0. The van der Waals surface area contributed by atoms with E-state index in [1.165, 1.54) is 0 Å². The van der Waals surface area contributed by atoms with Crippen LogP contribution in [0.15, 0.2) is 0 Å². The van der Waals surface area contributed by atoms with Crippen molar-refractivity contribution < 1.29 is 55.3 Å². The Morgan fingerprint density at radius 3 is 0.250 bits per heavy atom. The first-order valence-electron chi connectivity index (χ1n) is 0. The zero-order valence-corrected chi connectivity index (χ0v) is 6.52. The molecule has 0 aromatic rings. The van der Waals surface area contributed by atoms with Gasteiger partial charge in [0, 0.05) is 22.4 Å². The zero-order valence-electron chi connectivity index (χ0n) is 3.30. The van der Waals surface area contributed by atoms with Crippen LogP contribution in [-0.4, -0.2) is 0 Å². The quantitative estimate of drug-likeness (QED) is 0.586. The molecule has 61 valence electrons. The second-order valence-corrected chi connectivity index (χ2v) is 0. The van der Waals surface area contributed by atoms with E-state index in [0.717, 1.165) is 0 Å². The predicted octanol–water partition coefficient (Wildman–Crippen LogP) is 1.06. The van der Waals surface area contributed by atoms with Gasteiger partial charge in [-0.3, -0.25) is 32.9 Å². The van der Waals surface area contributed by atoms with Gasteiger partial charge < -0.3 is 0 Å². The van der Waals surface area contributed by atoms with E-state index in [-0.39, 0.29) is 55.3 Å². The van der Waals surface area contributed by atoms with E-state index in [4.69, 9.17) is 0 Å². The maximum absolute atomic E-state index is 0. The van der Waals surface area contributed by atoms with Crippen LogP contribution in [0.5, 0.6) is 0 Å². The van der Waals surface area contributed by atoms with Crippen molar-refractivity contribution in [2.45, 2.75) is 0 Å². The Hall–Kier alpha value is 0.250. The van der Waals surface area contributed by atoms with Gasteiger partial charge in [-0.1, -0.05) is 0 Å². The summed E-state index contributed by atoms with van der Waals surface area (Å²) in [6.45, 7) is 0. The van der Waals surface area contributed by atoms with Gasteiger partial charge in [0.1, 0.15) is 0 Å². The molecule has 0 aromatic carbocycles. The second-order valence-electron chi connectivity index (χ2n) is 0. The predicted molar refractivity (Wildman–Crippen MR) is 17.5 cm³/mol. The van der Waals surface area contributed by atoms with Crippen LogP contribution in [0.3, 0.4) is 0 Å². The molecular formula is H7F7Ta. The molecule has 0 nitrogen and oxygen atoms in total. The van der Waals surface area contributed by atoms with E-state index in [1.54, 1.807) is 0 Å². The normalized spacial score (nSPS) is 0. The number of hydrogen-bond donors (Lipinski definition) is 0. The van der Waals surface area contributed by atoms with Crippen LogP contribution in [-0.2, 0) is 22.4 Å². The summed E-state index contributed by atoms with van der Waals surface area (Å²) in [5.41, 5.74) is 0. The topological polar surface area (TPSA) is 0 Å². The van der Waals surface area contributed by atoms with Crippen molar-refractivity contribution in [1.29, 1.82) is 0 Å². The molecule has 0 spiro atoms. The average molecular weight is 321 g/mol. The summed E-state index contributed by atoms with van der Waals surface area (Å²) in [4.78, 5) is 0. The Kier molecular flexibility index (Phi) is 3910000. The van der Waals surface area contributed by atoms with Crippen LogP contribution in [0, 0.1) is 0 Å². The molecule has 0 heterocycles. The smallest absolute Gasteiger partial charge is 0 e. The fourth-order valence-electron chi connectivity index (χ4n) is 0. The molecule has 0 bridgehead atoms. The molecule has 0 saturated carbocycles. The van der Waals surface area contributed by atoms with Gasteiger partial charge in [-0.05, 0) is 0 Å². The van der Waals surface area contributed by atoms with E-state index >= 15 is 0 Å². The van der Waals surface area contributed by atoms with Crippen molar-refractivity contribution in [3.8, 4) is 0 Å². The van der Waals surface area contributed by atoms with Crippen molar-refractivity contribution in [2.24, 2.45) is 0 Å². The molecule has 0 N–H and O–H groups in total. The monoisotopic (exact) mass is 321 g/mol. The van der Waals surface area contributed by atoms with Crippen LogP contribution < -0.4 is 0 Å². The van der Waals surface area contributed by atoms with Crippen LogP contribution in [0.25, 0.3) is 0 Å². The van der Waals surface area contributed by atoms with Gasteiger partial charge in [0.15, 0.2) is 0 Å². The summed E-state index contributed by atoms with van der Waals surface area (Å²) < 4.78 is 0. The summed E-state index contributed by atoms with van der Waals surface area (Å²) in [7, 11) is 0. The molecule has 0 aliphatic rings. The van der Waals surface area contributed by atoms with Crippen LogP contribution in [0.4, 0.5) is 32.9 Å². The average Bonchev–Trinajstić information content (AvgIpc) is 0. The molecule has 0 atom stereocenters. The van der Waals surface area contributed by atoms with Crippen LogP contribution >= 0.6 is 0 Å². The van der Waals surface area contributed by atoms with Crippen molar-refractivity contribution in [2.75, 3.05) is 0 Å². The third-order valence-electron chi connectivity index (χ3n) is 0. The largest absolute Gasteiger partial charge is 0.269 e. The van der Waals surface area contributed by atoms with Crippen molar-refractivity contribution in [3.05, 3.63) is 0 Å². The fourth-order valence-corrected chi connectivity index (χ4v) is 0. The van der Waals surface area contributed by atoms with E-state index < -0.39 is 0 Å². The van der Waals surface area contributed by atoms with Gasteiger partial charge in [0.2, 0.25) is 0 Å². The molecule has 0 rings (SSSR count). The molecule has 0 amide bonds. The minimum atomic E-state index is 0. The first-order valence-corrected chi connectivity index (χ1v) is 0. The van der Waals surface area contributed by atoms with E-state index in [0.29, 0.717) is 0 Å². The standard InChI is InChI=1S/7FH.Ta/h7*1H;. The molecular weight excluding hydrogens is 314 g/mol. The van der Waals surface area contributed by atoms with Crippen LogP contribution in [0.2, 0.25) is 0 Å². The number of hydrogen-bond acceptors (Lipinski definition) is 0. The zero-order chi connectivity index (χ0) is 0. The Balaban J connectivity index is 0. The van der Waals surface area contributed by atoms with Gasteiger partial charge in [0.25, 0.3) is 0 Å². The van der Waals surface area contributed by atoms with Crippen molar-refractivity contribution in [3.63, 3.8) is 0 Å². The summed E-state index contributed by atoms with van der Waals surface area (Å²) in [5.74, 6) is 0. The maximum Gasteiger partial charge on any atom is 0 e. The summed E-state index contributed by atoms with van der Waals surface area (Å²) in [6, 6.07) is 0. The first kappa shape index (κ1) is 6920. The molecule has 8 heavy (non-hydrogen) atoms. The molecule has 0 aliphatic carbocycles. The fraction of sp³-hybridized carbons (Fsp3) is 0. The van der Waals surface area contributed by atoms with Gasteiger partial charge >= 0.3 is 0 Å². The van der Waals surface area contributed by atoms with Gasteiger partial charge in [-0.25, -0.2) is 0 Å². The third-order valence-corrected chi connectivity index (χ3v) is 0. The summed E-state index contributed by atoms with van der Waals surface area (Å²) >= 11 is 0. The van der Waals surface area contributed by atoms with Gasteiger partial charge in [-0.15, -0.1) is 0 Å². The Bertz CT molecular complexity index is 4.35. The van der Waals surface area contributed by atoms with Crippen molar-refractivity contribution >= 4 is 0 Å². The second kappa shape index (κ2) is 4520. The SMILES string of the molecule is F.F.F.F.F.F.F.[Ta]. The van der Waals surface area contributed by atoms with E-state index in [2.05, 4.69) is 0 Å². The molecule has 8 heteroatoms. The molecule has 0 saturated heterocycles. The summed E-state index contributed by atoms with van der Waals surface area (Å²) in [6.07, 6.45) is 0. The minimum Gasteiger partial charge on any atom is -0.269 e. The molecule has 0 aromatic heterocycles. The third kappa shape index (κ3) is 2750. The molecule has 0 unspecified atom stereocenters. The molecule has 0 fully saturated rings. The van der Waals surface area contributed by atoms with Crippen molar-refractivity contribution in [1.82, 2.24) is 0 Å². The van der Waals surface area contributed by atoms with Gasteiger partial charge in [-0.2, -0.15) is 0 Å². The van der Waals surface area contributed by atoms with E-state index in [1.807, 2.05) is 0 Å². The Labute approximate surface area is 56.1 Å². The van der Waals surface area contributed by atoms with E-state index in [9.17, 15) is 0 Å². The minimum absolute atomic E-state index is 0. The van der Waals surface area contributed by atoms with Gasteiger partial charge in [0.05, 0.1) is 0 Å². The maximum atomic E-state index is 0. The van der Waals surface area contributed by atoms with Crippen LogP contribution in [0.1, 0.15) is 0 Å². The molecule has 0 aliphatic heterocycles. The summed E-state index contributed by atoms with van der Waals surface area (Å²) in [5, 5.41) is 0. The first-order chi connectivity index (χ1) is 0.